The SMILES string of the molecule is COC1COC2(CCN(Cc3ccc(C)s3)CC2)C1.O=C(O)C(F)(F)F. The Morgan fingerprint density at radius 1 is 1.42 bits per heavy atom. The van der Waals surface area contributed by atoms with Crippen molar-refractivity contribution in [1.82, 2.24) is 4.90 Å². The number of hydrogen-bond acceptors (Lipinski definition) is 5. The van der Waals surface area contributed by atoms with Gasteiger partial charge in [0.15, 0.2) is 0 Å². The molecule has 2 aliphatic rings. The normalized spacial score (nSPS) is 22.9. The highest BCUT2D eigenvalue weighted by Crippen LogP contribution is 2.37. The number of halogens is 3. The maximum Gasteiger partial charge on any atom is 0.490 e. The highest BCUT2D eigenvalue weighted by atomic mass is 32.1. The molecule has 0 bridgehead atoms. The number of rotatable bonds is 3. The van der Waals surface area contributed by atoms with E-state index in [-0.39, 0.29) is 5.60 Å². The molecule has 0 aliphatic carbocycles. The lowest BCUT2D eigenvalue weighted by Gasteiger charge is -2.38. The largest absolute Gasteiger partial charge is 0.490 e. The number of aryl methyl sites for hydroxylation is 1. The third-order valence-corrected chi connectivity index (χ3v) is 5.68. The molecule has 0 saturated carbocycles. The van der Waals surface area contributed by atoms with Crippen LogP contribution in [0.15, 0.2) is 12.1 Å². The molecule has 0 amide bonds. The zero-order valence-corrected chi connectivity index (χ0v) is 15.7. The average Bonchev–Trinajstić information content (AvgIpc) is 3.16. The summed E-state index contributed by atoms with van der Waals surface area (Å²) in [7, 11) is 1.79. The number of ether oxygens (including phenoxy) is 2. The van der Waals surface area contributed by atoms with Crippen molar-refractivity contribution in [3.8, 4) is 0 Å². The van der Waals surface area contributed by atoms with Gasteiger partial charge in [0.25, 0.3) is 0 Å². The van der Waals surface area contributed by atoms with Gasteiger partial charge in [0.2, 0.25) is 0 Å². The predicted molar refractivity (Wildman–Crippen MR) is 91.4 cm³/mol. The van der Waals surface area contributed by atoms with Crippen LogP contribution in [0.5, 0.6) is 0 Å². The summed E-state index contributed by atoms with van der Waals surface area (Å²) in [6.07, 6.45) is -1.39. The molecule has 2 aliphatic heterocycles. The molecule has 3 rings (SSSR count). The number of carboxylic acids is 1. The second kappa shape index (κ2) is 8.69. The number of alkyl halides is 3. The molecule has 1 N–H and O–H groups in total. The smallest absolute Gasteiger partial charge is 0.475 e. The van der Waals surface area contributed by atoms with E-state index in [0.29, 0.717) is 6.10 Å². The fourth-order valence-corrected chi connectivity index (χ4v) is 4.14. The summed E-state index contributed by atoms with van der Waals surface area (Å²) >= 11 is 1.92. The van der Waals surface area contributed by atoms with E-state index < -0.39 is 12.1 Å². The van der Waals surface area contributed by atoms with Gasteiger partial charge in [-0.05, 0) is 31.9 Å². The fraction of sp³-hybridized carbons (Fsp3) is 0.706. The van der Waals surface area contributed by atoms with E-state index >= 15 is 0 Å². The maximum atomic E-state index is 10.6. The standard InChI is InChI=1S/C15H23NO2S.C2HF3O2/c1-12-3-4-14(19-12)10-16-7-5-15(6-8-16)9-13(17-2)11-18-15;3-2(4,5)1(6)7/h3-4,13H,5-11H2,1-2H3;(H,6,7). The van der Waals surface area contributed by atoms with Gasteiger partial charge in [-0.25, -0.2) is 4.79 Å². The molecule has 1 spiro atoms. The Balaban J connectivity index is 0.000000298. The summed E-state index contributed by atoms with van der Waals surface area (Å²) in [6.45, 7) is 6.35. The van der Waals surface area contributed by atoms with Crippen LogP contribution in [0.3, 0.4) is 0 Å². The van der Waals surface area contributed by atoms with Gasteiger partial charge < -0.3 is 14.6 Å². The number of carboxylic acid groups (broad SMARTS) is 1. The van der Waals surface area contributed by atoms with Crippen molar-refractivity contribution in [1.29, 1.82) is 0 Å². The molecule has 1 atom stereocenters. The number of likely N-dealkylation sites (tertiary alicyclic amines) is 1. The molecule has 1 aromatic rings. The Morgan fingerprint density at radius 3 is 2.46 bits per heavy atom. The minimum absolute atomic E-state index is 0.114. The molecular weight excluding hydrogens is 371 g/mol. The fourth-order valence-electron chi connectivity index (χ4n) is 3.21. The summed E-state index contributed by atoms with van der Waals surface area (Å²) < 4.78 is 43.2. The van der Waals surface area contributed by atoms with Crippen LogP contribution in [-0.4, -0.2) is 60.7 Å². The van der Waals surface area contributed by atoms with Crippen LogP contribution in [0.1, 0.15) is 29.0 Å². The van der Waals surface area contributed by atoms with Gasteiger partial charge in [-0.15, -0.1) is 11.3 Å². The second-order valence-corrected chi connectivity index (χ2v) is 8.02. The van der Waals surface area contributed by atoms with E-state index in [4.69, 9.17) is 19.4 Å². The van der Waals surface area contributed by atoms with Gasteiger partial charge in [0.1, 0.15) is 0 Å². The first-order valence-electron chi connectivity index (χ1n) is 8.38. The van der Waals surface area contributed by atoms with Crippen LogP contribution >= 0.6 is 11.3 Å². The topological polar surface area (TPSA) is 59.0 Å². The highest BCUT2D eigenvalue weighted by Gasteiger charge is 2.42. The molecule has 1 unspecified atom stereocenters. The van der Waals surface area contributed by atoms with Crippen molar-refractivity contribution in [3.63, 3.8) is 0 Å². The number of piperidine rings is 1. The van der Waals surface area contributed by atoms with E-state index in [1.807, 2.05) is 11.3 Å². The number of methoxy groups -OCH3 is 1. The number of aliphatic carboxylic acids is 1. The van der Waals surface area contributed by atoms with Crippen LogP contribution in [0.25, 0.3) is 0 Å². The zero-order chi connectivity index (χ0) is 19.4. The van der Waals surface area contributed by atoms with Crippen molar-refractivity contribution in [2.45, 2.75) is 50.6 Å². The lowest BCUT2D eigenvalue weighted by atomic mass is 9.88. The van der Waals surface area contributed by atoms with E-state index in [9.17, 15) is 13.2 Å². The lowest BCUT2D eigenvalue weighted by Crippen LogP contribution is -2.43. The number of thiophene rings is 1. The minimum atomic E-state index is -5.08. The Hall–Kier alpha value is -1.16. The molecule has 0 aromatic carbocycles. The zero-order valence-electron chi connectivity index (χ0n) is 14.8. The Kier molecular flexibility index (Phi) is 7.06. The first-order valence-corrected chi connectivity index (χ1v) is 9.20. The second-order valence-electron chi connectivity index (χ2n) is 6.65. The van der Waals surface area contributed by atoms with E-state index in [2.05, 4.69) is 24.0 Å². The molecule has 3 heterocycles. The van der Waals surface area contributed by atoms with Gasteiger partial charge in [0.05, 0.1) is 18.3 Å². The predicted octanol–water partition coefficient (Wildman–Crippen LogP) is 3.46. The molecule has 0 radical (unpaired) electrons. The van der Waals surface area contributed by atoms with Gasteiger partial charge in [-0.3, -0.25) is 4.90 Å². The third kappa shape index (κ3) is 5.94. The number of hydrogen-bond donors (Lipinski definition) is 1. The van der Waals surface area contributed by atoms with E-state index in [1.54, 1.807) is 7.11 Å². The van der Waals surface area contributed by atoms with Crippen molar-refractivity contribution >= 4 is 17.3 Å². The molecule has 26 heavy (non-hydrogen) atoms. The summed E-state index contributed by atoms with van der Waals surface area (Å²) in [5.41, 5.74) is 0.114. The summed E-state index contributed by atoms with van der Waals surface area (Å²) in [4.78, 5) is 14.3. The molecule has 5 nitrogen and oxygen atoms in total. The first-order chi connectivity index (χ1) is 12.1. The summed E-state index contributed by atoms with van der Waals surface area (Å²) in [5, 5.41) is 7.12. The molecule has 1 aromatic heterocycles. The van der Waals surface area contributed by atoms with Gasteiger partial charge in [-0.1, -0.05) is 0 Å². The summed E-state index contributed by atoms with van der Waals surface area (Å²) in [5.74, 6) is -2.76. The molecule has 9 heteroatoms. The Labute approximate surface area is 154 Å². The molecule has 2 fully saturated rings. The van der Waals surface area contributed by atoms with Crippen LogP contribution in [0.2, 0.25) is 0 Å². The Bertz CT molecular complexity index is 597. The monoisotopic (exact) mass is 395 g/mol. The van der Waals surface area contributed by atoms with Crippen LogP contribution in [0.4, 0.5) is 13.2 Å². The molecule has 148 valence electrons. The van der Waals surface area contributed by atoms with Gasteiger partial charge in [-0.2, -0.15) is 13.2 Å². The quantitative estimate of drug-likeness (QED) is 0.850. The highest BCUT2D eigenvalue weighted by molar-refractivity contribution is 7.11. The van der Waals surface area contributed by atoms with Crippen LogP contribution in [-0.2, 0) is 20.8 Å². The number of nitrogens with zero attached hydrogens (tertiary/aromatic N) is 1. The van der Waals surface area contributed by atoms with E-state index in [0.717, 1.165) is 45.5 Å². The van der Waals surface area contributed by atoms with E-state index in [1.165, 1.54) is 9.75 Å². The minimum Gasteiger partial charge on any atom is -0.475 e. The lowest BCUT2D eigenvalue weighted by molar-refractivity contribution is -0.192. The van der Waals surface area contributed by atoms with Crippen molar-refractivity contribution in [3.05, 3.63) is 21.9 Å². The number of carbonyl (C=O) groups is 1. The van der Waals surface area contributed by atoms with Crippen molar-refractivity contribution < 1.29 is 32.5 Å². The maximum absolute atomic E-state index is 10.6. The third-order valence-electron chi connectivity index (χ3n) is 4.69. The van der Waals surface area contributed by atoms with Crippen LogP contribution in [0, 0.1) is 6.92 Å². The van der Waals surface area contributed by atoms with Crippen LogP contribution < -0.4 is 0 Å². The summed E-state index contributed by atoms with van der Waals surface area (Å²) in [6, 6.07) is 4.48. The van der Waals surface area contributed by atoms with Gasteiger partial charge in [0, 0.05) is 42.9 Å². The van der Waals surface area contributed by atoms with Crippen molar-refractivity contribution in [2.75, 3.05) is 26.8 Å². The molecule has 2 saturated heterocycles. The van der Waals surface area contributed by atoms with Gasteiger partial charge >= 0.3 is 12.1 Å². The average molecular weight is 395 g/mol. The molecular formula is C17H24F3NO4S. The van der Waals surface area contributed by atoms with Crippen molar-refractivity contribution in [2.24, 2.45) is 0 Å². The Morgan fingerprint density at radius 2 is 2.04 bits per heavy atom. The first kappa shape index (κ1) is 21.1.